The minimum atomic E-state index is -0.795. The van der Waals surface area contributed by atoms with E-state index in [1.807, 2.05) is 0 Å². The maximum atomic E-state index is 13.3. The van der Waals surface area contributed by atoms with Gasteiger partial charge in [0, 0.05) is 11.8 Å². The lowest BCUT2D eigenvalue weighted by molar-refractivity contribution is -0.907. The Morgan fingerprint density at radius 2 is 1.90 bits per heavy atom. The summed E-state index contributed by atoms with van der Waals surface area (Å²) in [6.45, 7) is 4.03. The number of nitrogens with one attached hydrogen (secondary N) is 1. The van der Waals surface area contributed by atoms with Crippen molar-refractivity contribution < 1.29 is 28.7 Å². The fourth-order valence-electron chi connectivity index (χ4n) is 3.91. The molecule has 1 amide bonds. The summed E-state index contributed by atoms with van der Waals surface area (Å²) in [6.07, 6.45) is 1.58. The fraction of sp³-hybridized carbons (Fsp3) is 0.318. The van der Waals surface area contributed by atoms with Gasteiger partial charge in [0.05, 0.1) is 37.6 Å². The number of amides is 1. The molecule has 0 radical (unpaired) electrons. The molecule has 2 aliphatic heterocycles. The van der Waals surface area contributed by atoms with Crippen LogP contribution >= 0.6 is 0 Å². The molecule has 2 aliphatic rings. The van der Waals surface area contributed by atoms with Crippen molar-refractivity contribution in [2.45, 2.75) is 6.04 Å². The molecule has 2 fully saturated rings. The number of rotatable bonds is 5. The van der Waals surface area contributed by atoms with Crippen LogP contribution in [0.4, 0.5) is 4.39 Å². The van der Waals surface area contributed by atoms with Gasteiger partial charge in [-0.1, -0.05) is 6.07 Å². The van der Waals surface area contributed by atoms with Gasteiger partial charge in [0.15, 0.2) is 0 Å². The molecule has 0 spiro atoms. The van der Waals surface area contributed by atoms with E-state index in [0.29, 0.717) is 32.0 Å². The second-order valence-electron chi connectivity index (χ2n) is 7.37. The van der Waals surface area contributed by atoms with E-state index < -0.39 is 23.5 Å². The standard InChI is InChI=1S/C22H22FN3O4/c23-16-6-4-15(5-7-16)20(27)18-19(17-3-1-2-8-24-17)26(22(29)21(18)28)10-9-25-11-13-30-14-12-25/h1-8,19,27H,9-14H2/p+1/b20-18-/t19-/m1/s1. The van der Waals surface area contributed by atoms with Crippen molar-refractivity contribution in [1.82, 2.24) is 9.88 Å². The first kappa shape index (κ1) is 20.2. The van der Waals surface area contributed by atoms with Crippen molar-refractivity contribution in [3.63, 3.8) is 0 Å². The van der Waals surface area contributed by atoms with Crippen LogP contribution < -0.4 is 4.90 Å². The maximum absolute atomic E-state index is 13.3. The predicted octanol–water partition coefficient (Wildman–Crippen LogP) is 0.558. The summed E-state index contributed by atoms with van der Waals surface area (Å²) in [5.41, 5.74) is 0.744. The number of pyridine rings is 1. The van der Waals surface area contributed by atoms with E-state index in [9.17, 15) is 19.1 Å². The monoisotopic (exact) mass is 412 g/mol. The first-order valence-corrected chi connectivity index (χ1v) is 9.93. The molecule has 1 atom stereocenters. The predicted molar refractivity (Wildman–Crippen MR) is 106 cm³/mol. The van der Waals surface area contributed by atoms with Gasteiger partial charge in [-0.25, -0.2) is 4.39 Å². The van der Waals surface area contributed by atoms with E-state index in [2.05, 4.69) is 4.98 Å². The number of Topliss-reactive ketones (excluding diaryl/α,β-unsaturated/α-hetero) is 1. The number of hydrogen-bond donors (Lipinski definition) is 2. The van der Waals surface area contributed by atoms with E-state index >= 15 is 0 Å². The third-order valence-corrected chi connectivity index (χ3v) is 5.53. The van der Waals surface area contributed by atoms with Crippen LogP contribution in [0.1, 0.15) is 17.3 Å². The molecular formula is C22H23FN3O4+. The Morgan fingerprint density at radius 3 is 2.57 bits per heavy atom. The van der Waals surface area contributed by atoms with Crippen LogP contribution in [0.15, 0.2) is 54.2 Å². The van der Waals surface area contributed by atoms with Gasteiger partial charge in [-0.15, -0.1) is 0 Å². The summed E-state index contributed by atoms with van der Waals surface area (Å²) < 4.78 is 18.7. The first-order valence-electron chi connectivity index (χ1n) is 9.93. The quantitative estimate of drug-likeness (QED) is 0.426. The lowest BCUT2D eigenvalue weighted by Gasteiger charge is -2.28. The maximum Gasteiger partial charge on any atom is 0.295 e. The van der Waals surface area contributed by atoms with Crippen LogP contribution in [0, 0.1) is 5.82 Å². The number of aromatic nitrogens is 1. The molecule has 1 aromatic heterocycles. The van der Waals surface area contributed by atoms with Crippen LogP contribution in [0.5, 0.6) is 0 Å². The van der Waals surface area contributed by atoms with Crippen molar-refractivity contribution in [3.05, 3.63) is 71.3 Å². The number of quaternary nitrogens is 1. The van der Waals surface area contributed by atoms with Crippen molar-refractivity contribution in [2.24, 2.45) is 0 Å². The van der Waals surface area contributed by atoms with Crippen molar-refractivity contribution in [1.29, 1.82) is 0 Å². The number of halogens is 1. The molecule has 1 aromatic carbocycles. The Kier molecular flexibility index (Phi) is 5.87. The second-order valence-corrected chi connectivity index (χ2v) is 7.37. The molecule has 0 aliphatic carbocycles. The molecule has 30 heavy (non-hydrogen) atoms. The molecule has 7 nitrogen and oxygen atoms in total. The minimum absolute atomic E-state index is 0.0257. The zero-order valence-electron chi connectivity index (χ0n) is 16.4. The highest BCUT2D eigenvalue weighted by atomic mass is 19.1. The Morgan fingerprint density at radius 1 is 1.17 bits per heavy atom. The molecular weight excluding hydrogens is 389 g/mol. The molecule has 156 valence electrons. The topological polar surface area (TPSA) is 84.2 Å². The number of hydrogen-bond acceptors (Lipinski definition) is 5. The first-order chi connectivity index (χ1) is 14.6. The number of likely N-dealkylation sites (tertiary alicyclic amines) is 1. The number of aliphatic hydroxyl groups excluding tert-OH is 1. The summed E-state index contributed by atoms with van der Waals surface area (Å²) >= 11 is 0. The van der Waals surface area contributed by atoms with Crippen molar-refractivity contribution in [3.8, 4) is 0 Å². The zero-order valence-corrected chi connectivity index (χ0v) is 16.4. The van der Waals surface area contributed by atoms with Crippen LogP contribution in [-0.4, -0.2) is 66.1 Å². The Balaban J connectivity index is 1.71. The van der Waals surface area contributed by atoms with Gasteiger partial charge in [-0.3, -0.25) is 14.6 Å². The minimum Gasteiger partial charge on any atom is -0.507 e. The average Bonchev–Trinajstić information content (AvgIpc) is 3.04. The van der Waals surface area contributed by atoms with Crippen LogP contribution in [0.2, 0.25) is 0 Å². The normalized spacial score (nSPS) is 21.9. The molecule has 2 saturated heterocycles. The van der Waals surface area contributed by atoms with E-state index in [1.165, 1.54) is 34.1 Å². The molecule has 2 N–H and O–H groups in total. The molecule has 0 bridgehead atoms. The number of ketones is 1. The average molecular weight is 412 g/mol. The fourth-order valence-corrected chi connectivity index (χ4v) is 3.91. The summed E-state index contributed by atoms with van der Waals surface area (Å²) in [7, 11) is 0. The molecule has 0 unspecified atom stereocenters. The smallest absolute Gasteiger partial charge is 0.295 e. The number of carbonyl (C=O) groups is 2. The number of aliphatic hydroxyl groups is 1. The van der Waals surface area contributed by atoms with Crippen LogP contribution in [0.25, 0.3) is 5.76 Å². The van der Waals surface area contributed by atoms with Gasteiger partial charge in [0.1, 0.15) is 30.7 Å². The largest absolute Gasteiger partial charge is 0.507 e. The van der Waals surface area contributed by atoms with Crippen molar-refractivity contribution in [2.75, 3.05) is 39.4 Å². The van der Waals surface area contributed by atoms with E-state index in [0.717, 1.165) is 13.1 Å². The highest BCUT2D eigenvalue weighted by Gasteiger charge is 2.47. The van der Waals surface area contributed by atoms with E-state index in [-0.39, 0.29) is 16.9 Å². The molecule has 2 aromatic rings. The number of carbonyl (C=O) groups excluding carboxylic acids is 2. The van der Waals surface area contributed by atoms with Crippen LogP contribution in [0.3, 0.4) is 0 Å². The highest BCUT2D eigenvalue weighted by Crippen LogP contribution is 2.38. The Labute approximate surface area is 173 Å². The molecule has 8 heteroatoms. The summed E-state index contributed by atoms with van der Waals surface area (Å²) in [6, 6.07) is 9.60. The van der Waals surface area contributed by atoms with Gasteiger partial charge in [0.2, 0.25) is 0 Å². The SMILES string of the molecule is O=C1C(=O)N(CC[NH+]2CCOCC2)[C@H](c2ccccn2)/C1=C(/O)c1ccc(F)cc1. The highest BCUT2D eigenvalue weighted by molar-refractivity contribution is 6.46. The number of ether oxygens (including phenoxy) is 1. The lowest BCUT2D eigenvalue weighted by atomic mass is 9.98. The van der Waals surface area contributed by atoms with Gasteiger partial charge < -0.3 is 19.6 Å². The number of nitrogens with zero attached hydrogens (tertiary/aromatic N) is 2. The van der Waals surface area contributed by atoms with Gasteiger partial charge in [-0.05, 0) is 36.4 Å². The Bertz CT molecular complexity index is 956. The van der Waals surface area contributed by atoms with E-state index in [1.54, 1.807) is 24.4 Å². The molecule has 0 saturated carbocycles. The second kappa shape index (κ2) is 8.73. The third kappa shape index (κ3) is 3.96. The van der Waals surface area contributed by atoms with Gasteiger partial charge >= 0.3 is 0 Å². The summed E-state index contributed by atoms with van der Waals surface area (Å²) in [4.78, 5) is 32.9. The zero-order chi connectivity index (χ0) is 21.1. The molecule has 4 rings (SSSR count). The van der Waals surface area contributed by atoms with Gasteiger partial charge in [-0.2, -0.15) is 0 Å². The summed E-state index contributed by atoms with van der Waals surface area (Å²) in [5.74, 6) is -2.21. The van der Waals surface area contributed by atoms with E-state index in [4.69, 9.17) is 4.74 Å². The lowest BCUT2D eigenvalue weighted by Crippen LogP contribution is -3.14. The van der Waals surface area contributed by atoms with Crippen molar-refractivity contribution >= 4 is 17.4 Å². The third-order valence-electron chi connectivity index (χ3n) is 5.53. The molecule has 3 heterocycles. The van der Waals surface area contributed by atoms with Gasteiger partial charge in [0.25, 0.3) is 11.7 Å². The number of morpholine rings is 1. The van der Waals surface area contributed by atoms with Crippen LogP contribution in [-0.2, 0) is 14.3 Å². The summed E-state index contributed by atoms with van der Waals surface area (Å²) in [5, 5.41) is 10.9. The number of benzene rings is 1. The Hall–Kier alpha value is -3.10.